The van der Waals surface area contributed by atoms with Crippen molar-refractivity contribution in [2.24, 2.45) is 0 Å². The first-order valence-electron chi connectivity index (χ1n) is 5.91. The summed E-state index contributed by atoms with van der Waals surface area (Å²) in [4.78, 5) is 15.5. The molecule has 1 aromatic carbocycles. The fraction of sp³-hybridized carbons (Fsp3) is 0.167. The highest BCUT2D eigenvalue weighted by molar-refractivity contribution is 8.01. The quantitative estimate of drug-likeness (QED) is 0.419. The Balaban J connectivity index is 1.93. The standard InChI is InChI=1S/C12H10N4O2S2/c1-2-19-12-14-15-7-10(13-11(15)20-12)8-3-5-9(6-4-8)16(17)18/h3-7H,2H2,1H3. The molecule has 0 bridgehead atoms. The van der Waals surface area contributed by atoms with Gasteiger partial charge in [-0.3, -0.25) is 10.1 Å². The SMILES string of the molecule is CCSc1nn2cc(-c3ccc([N+](=O)[O-])cc3)nc2s1. The van der Waals surface area contributed by atoms with Crippen LogP contribution in [0.3, 0.4) is 0 Å². The van der Waals surface area contributed by atoms with Crippen LogP contribution in [-0.4, -0.2) is 25.3 Å². The van der Waals surface area contributed by atoms with Gasteiger partial charge in [-0.2, -0.15) is 0 Å². The average Bonchev–Trinajstić information content (AvgIpc) is 2.97. The highest BCUT2D eigenvalue weighted by atomic mass is 32.2. The van der Waals surface area contributed by atoms with Crippen molar-refractivity contribution in [3.63, 3.8) is 0 Å². The molecular weight excluding hydrogens is 296 g/mol. The van der Waals surface area contributed by atoms with Gasteiger partial charge in [0.2, 0.25) is 4.96 Å². The van der Waals surface area contributed by atoms with E-state index in [0.717, 1.165) is 26.3 Å². The van der Waals surface area contributed by atoms with Gasteiger partial charge in [0, 0.05) is 17.7 Å². The van der Waals surface area contributed by atoms with E-state index in [1.165, 1.54) is 12.1 Å². The first-order valence-corrected chi connectivity index (χ1v) is 7.71. The molecule has 20 heavy (non-hydrogen) atoms. The van der Waals surface area contributed by atoms with E-state index in [9.17, 15) is 10.1 Å². The Morgan fingerprint density at radius 1 is 1.40 bits per heavy atom. The lowest BCUT2D eigenvalue weighted by molar-refractivity contribution is -0.384. The van der Waals surface area contributed by atoms with E-state index in [-0.39, 0.29) is 5.69 Å². The number of non-ortho nitro benzene ring substituents is 1. The van der Waals surface area contributed by atoms with Gasteiger partial charge in [-0.25, -0.2) is 9.50 Å². The summed E-state index contributed by atoms with van der Waals surface area (Å²) in [6.07, 6.45) is 1.84. The number of rotatable bonds is 4. The van der Waals surface area contributed by atoms with E-state index < -0.39 is 4.92 Å². The molecule has 6 nitrogen and oxygen atoms in total. The van der Waals surface area contributed by atoms with E-state index in [1.54, 1.807) is 39.7 Å². The van der Waals surface area contributed by atoms with Crippen LogP contribution in [0.1, 0.15) is 6.92 Å². The van der Waals surface area contributed by atoms with Crippen LogP contribution >= 0.6 is 23.1 Å². The lowest BCUT2D eigenvalue weighted by atomic mass is 10.1. The molecule has 0 aliphatic rings. The molecule has 0 saturated heterocycles. The Morgan fingerprint density at radius 3 is 2.75 bits per heavy atom. The normalized spacial score (nSPS) is 11.1. The van der Waals surface area contributed by atoms with Crippen LogP contribution in [0.4, 0.5) is 5.69 Å². The van der Waals surface area contributed by atoms with E-state index >= 15 is 0 Å². The number of nitro groups is 1. The second-order valence-electron chi connectivity index (χ2n) is 3.96. The number of nitrogens with zero attached hydrogens (tertiary/aromatic N) is 4. The maximum Gasteiger partial charge on any atom is 0.269 e. The van der Waals surface area contributed by atoms with E-state index in [1.807, 2.05) is 6.20 Å². The minimum Gasteiger partial charge on any atom is -0.258 e. The molecule has 0 aliphatic heterocycles. The third-order valence-corrected chi connectivity index (χ3v) is 4.60. The van der Waals surface area contributed by atoms with Gasteiger partial charge in [-0.15, -0.1) is 5.10 Å². The Labute approximate surface area is 122 Å². The van der Waals surface area contributed by atoms with Gasteiger partial charge in [-0.1, -0.05) is 30.0 Å². The highest BCUT2D eigenvalue weighted by Crippen LogP contribution is 2.27. The summed E-state index contributed by atoms with van der Waals surface area (Å²) in [7, 11) is 0. The van der Waals surface area contributed by atoms with E-state index in [0.29, 0.717) is 0 Å². The number of hydrogen-bond donors (Lipinski definition) is 0. The van der Waals surface area contributed by atoms with Gasteiger partial charge in [0.05, 0.1) is 16.8 Å². The Kier molecular flexibility index (Phi) is 3.41. The molecule has 102 valence electrons. The van der Waals surface area contributed by atoms with Gasteiger partial charge < -0.3 is 0 Å². The minimum absolute atomic E-state index is 0.0783. The third-order valence-electron chi connectivity index (χ3n) is 2.67. The number of imidazole rings is 1. The minimum atomic E-state index is -0.411. The molecule has 0 N–H and O–H groups in total. The van der Waals surface area contributed by atoms with Gasteiger partial charge in [0.25, 0.3) is 5.69 Å². The third kappa shape index (κ3) is 2.39. The summed E-state index contributed by atoms with van der Waals surface area (Å²) in [5.74, 6) is 0.978. The van der Waals surface area contributed by atoms with Gasteiger partial charge in [0.1, 0.15) is 0 Å². The van der Waals surface area contributed by atoms with Crippen LogP contribution in [0.5, 0.6) is 0 Å². The van der Waals surface area contributed by atoms with Crippen LogP contribution in [0, 0.1) is 10.1 Å². The number of thioether (sulfide) groups is 1. The second kappa shape index (κ2) is 5.22. The molecule has 3 rings (SSSR count). The molecule has 0 aliphatic carbocycles. The molecule has 2 heterocycles. The molecule has 0 radical (unpaired) electrons. The Bertz CT molecular complexity index is 732. The van der Waals surface area contributed by atoms with E-state index in [2.05, 4.69) is 17.0 Å². The van der Waals surface area contributed by atoms with Crippen molar-refractivity contribution >= 4 is 33.7 Å². The zero-order valence-corrected chi connectivity index (χ0v) is 12.1. The summed E-state index contributed by atoms with van der Waals surface area (Å²) >= 11 is 3.22. The summed E-state index contributed by atoms with van der Waals surface area (Å²) < 4.78 is 2.74. The lowest BCUT2D eigenvalue weighted by Crippen LogP contribution is -1.87. The summed E-state index contributed by atoms with van der Waals surface area (Å²) in [6.45, 7) is 2.08. The summed E-state index contributed by atoms with van der Waals surface area (Å²) in [6, 6.07) is 6.36. The Hall–Kier alpha value is -1.93. The topological polar surface area (TPSA) is 73.3 Å². The zero-order chi connectivity index (χ0) is 14.1. The predicted molar refractivity (Wildman–Crippen MR) is 79.4 cm³/mol. The first-order chi connectivity index (χ1) is 9.67. The van der Waals surface area contributed by atoms with Crippen molar-refractivity contribution in [2.45, 2.75) is 11.3 Å². The van der Waals surface area contributed by atoms with Crippen LogP contribution in [0.15, 0.2) is 34.8 Å². The summed E-state index contributed by atoms with van der Waals surface area (Å²) in [5, 5.41) is 15.0. The number of nitro benzene ring substituents is 1. The van der Waals surface area contributed by atoms with Crippen LogP contribution in [-0.2, 0) is 0 Å². The zero-order valence-electron chi connectivity index (χ0n) is 10.5. The van der Waals surface area contributed by atoms with Crippen molar-refractivity contribution in [1.29, 1.82) is 0 Å². The first kappa shape index (κ1) is 13.1. The van der Waals surface area contributed by atoms with Crippen molar-refractivity contribution in [1.82, 2.24) is 14.6 Å². The molecule has 0 amide bonds. The molecule has 0 atom stereocenters. The van der Waals surface area contributed by atoms with Gasteiger partial charge >= 0.3 is 0 Å². The molecule has 0 unspecified atom stereocenters. The molecule has 2 aromatic heterocycles. The smallest absolute Gasteiger partial charge is 0.258 e. The number of aromatic nitrogens is 3. The highest BCUT2D eigenvalue weighted by Gasteiger charge is 2.11. The van der Waals surface area contributed by atoms with Gasteiger partial charge in [-0.05, 0) is 17.9 Å². The number of benzene rings is 1. The largest absolute Gasteiger partial charge is 0.269 e. The van der Waals surface area contributed by atoms with E-state index in [4.69, 9.17) is 0 Å². The lowest BCUT2D eigenvalue weighted by Gasteiger charge is -1.95. The maximum absolute atomic E-state index is 10.6. The van der Waals surface area contributed by atoms with Crippen molar-refractivity contribution in [3.8, 4) is 11.3 Å². The molecular formula is C12H10N4O2S2. The van der Waals surface area contributed by atoms with Crippen molar-refractivity contribution in [2.75, 3.05) is 5.75 Å². The molecule has 0 spiro atoms. The second-order valence-corrected chi connectivity index (χ2v) is 6.43. The molecule has 8 heteroatoms. The molecule has 0 fully saturated rings. The van der Waals surface area contributed by atoms with Crippen molar-refractivity contribution < 1.29 is 4.92 Å². The summed E-state index contributed by atoms with van der Waals surface area (Å²) in [5.41, 5.74) is 1.69. The predicted octanol–water partition coefficient (Wildman–Crippen LogP) is 3.48. The monoisotopic (exact) mass is 306 g/mol. The molecule has 0 saturated carbocycles. The number of hydrogen-bond acceptors (Lipinski definition) is 6. The average molecular weight is 306 g/mol. The van der Waals surface area contributed by atoms with Crippen molar-refractivity contribution in [3.05, 3.63) is 40.6 Å². The Morgan fingerprint density at radius 2 is 2.15 bits per heavy atom. The number of fused-ring (bicyclic) bond motifs is 1. The van der Waals surface area contributed by atoms with Crippen LogP contribution < -0.4 is 0 Å². The van der Waals surface area contributed by atoms with Gasteiger partial charge in [0.15, 0.2) is 4.34 Å². The van der Waals surface area contributed by atoms with Crippen LogP contribution in [0.25, 0.3) is 16.2 Å². The maximum atomic E-state index is 10.6. The fourth-order valence-corrected chi connectivity index (χ4v) is 3.58. The fourth-order valence-electron chi connectivity index (χ4n) is 1.76. The molecule has 3 aromatic rings. The van der Waals surface area contributed by atoms with Crippen LogP contribution in [0.2, 0.25) is 0 Å².